The summed E-state index contributed by atoms with van der Waals surface area (Å²) in [5.74, 6) is -1.49. The Labute approximate surface area is 136 Å². The molecule has 0 saturated carbocycles. The van der Waals surface area contributed by atoms with Crippen LogP contribution in [0.15, 0.2) is 42.5 Å². The summed E-state index contributed by atoms with van der Waals surface area (Å²) >= 11 is 0. The fourth-order valence-electron chi connectivity index (χ4n) is 3.13. The van der Waals surface area contributed by atoms with Crippen molar-refractivity contribution >= 4 is 28.9 Å². The maximum absolute atomic E-state index is 13.4. The van der Waals surface area contributed by atoms with E-state index in [-0.39, 0.29) is 6.42 Å². The molecule has 2 aliphatic heterocycles. The van der Waals surface area contributed by atoms with Gasteiger partial charge in [0.1, 0.15) is 17.7 Å². The number of aliphatic carboxylic acids is 1. The summed E-state index contributed by atoms with van der Waals surface area (Å²) in [6, 6.07) is 11.2. The maximum Gasteiger partial charge on any atom is 0.307 e. The number of carbonyl (C=O) groups is 2. The number of halogens is 1. The zero-order chi connectivity index (χ0) is 16.8. The Balaban J connectivity index is 1.90. The van der Waals surface area contributed by atoms with Gasteiger partial charge in [-0.05, 0) is 18.2 Å². The van der Waals surface area contributed by atoms with E-state index in [0.717, 1.165) is 5.56 Å². The lowest BCUT2D eigenvalue weighted by Gasteiger charge is -2.10. The van der Waals surface area contributed by atoms with Gasteiger partial charge >= 0.3 is 5.97 Å². The van der Waals surface area contributed by atoms with Crippen molar-refractivity contribution in [3.8, 4) is 0 Å². The SMILES string of the molecule is O=C(O)CC1O/C(=C2/C(=O)Nc3cc(F)ccc32)c2ccccc21. The predicted molar refractivity (Wildman–Crippen MR) is 84.4 cm³/mol. The van der Waals surface area contributed by atoms with Gasteiger partial charge in [0.15, 0.2) is 0 Å². The van der Waals surface area contributed by atoms with Gasteiger partial charge in [-0.25, -0.2) is 4.39 Å². The van der Waals surface area contributed by atoms with Gasteiger partial charge in [0.2, 0.25) is 0 Å². The molecule has 2 aromatic carbocycles. The highest BCUT2D eigenvalue weighted by atomic mass is 19.1. The van der Waals surface area contributed by atoms with Gasteiger partial charge in [-0.3, -0.25) is 9.59 Å². The molecule has 0 radical (unpaired) electrons. The number of fused-ring (bicyclic) bond motifs is 2. The molecule has 24 heavy (non-hydrogen) atoms. The lowest BCUT2D eigenvalue weighted by atomic mass is 9.98. The molecule has 1 atom stereocenters. The first-order chi connectivity index (χ1) is 11.5. The maximum atomic E-state index is 13.4. The van der Waals surface area contributed by atoms with Crippen molar-refractivity contribution in [2.45, 2.75) is 12.5 Å². The molecule has 5 nitrogen and oxygen atoms in total. The van der Waals surface area contributed by atoms with Crippen LogP contribution in [0.5, 0.6) is 0 Å². The first-order valence-corrected chi connectivity index (χ1v) is 7.38. The molecule has 1 unspecified atom stereocenters. The zero-order valence-electron chi connectivity index (χ0n) is 12.4. The van der Waals surface area contributed by atoms with Crippen molar-refractivity contribution in [1.29, 1.82) is 0 Å². The summed E-state index contributed by atoms with van der Waals surface area (Å²) in [5, 5.41) is 11.7. The third-order valence-corrected chi connectivity index (χ3v) is 4.13. The molecule has 0 aliphatic carbocycles. The van der Waals surface area contributed by atoms with E-state index < -0.39 is 23.8 Å². The first-order valence-electron chi connectivity index (χ1n) is 7.38. The monoisotopic (exact) mass is 325 g/mol. The Hall–Kier alpha value is -3.15. The Morgan fingerprint density at radius 2 is 2.00 bits per heavy atom. The number of anilines is 1. The largest absolute Gasteiger partial charge is 0.484 e. The standard InChI is InChI=1S/C18H12FNO4/c19-9-5-6-12-13(7-9)20-18(23)16(12)17-11-4-2-1-3-10(11)14(24-17)8-15(21)22/h1-7,14H,8H2,(H,20,23)(H,21,22)/b17-16+. The summed E-state index contributed by atoms with van der Waals surface area (Å²) in [6.45, 7) is 0. The average Bonchev–Trinajstić information content (AvgIpc) is 3.04. The number of benzene rings is 2. The van der Waals surface area contributed by atoms with Crippen LogP contribution in [0.1, 0.15) is 29.2 Å². The highest BCUT2D eigenvalue weighted by Crippen LogP contribution is 2.46. The Bertz CT molecular complexity index is 919. The third-order valence-electron chi connectivity index (χ3n) is 4.13. The number of amides is 1. The van der Waals surface area contributed by atoms with E-state index in [4.69, 9.17) is 9.84 Å². The minimum absolute atomic E-state index is 0.203. The van der Waals surface area contributed by atoms with Crippen LogP contribution >= 0.6 is 0 Å². The van der Waals surface area contributed by atoms with E-state index in [1.165, 1.54) is 18.2 Å². The third kappa shape index (κ3) is 2.15. The summed E-state index contributed by atoms with van der Waals surface area (Å²) in [7, 11) is 0. The van der Waals surface area contributed by atoms with Gasteiger partial charge in [-0.2, -0.15) is 0 Å². The average molecular weight is 325 g/mol. The quantitative estimate of drug-likeness (QED) is 0.832. The van der Waals surface area contributed by atoms with Crippen molar-refractivity contribution in [3.05, 3.63) is 65.0 Å². The zero-order valence-corrected chi connectivity index (χ0v) is 12.4. The molecule has 2 heterocycles. The highest BCUT2D eigenvalue weighted by molar-refractivity contribution is 6.36. The van der Waals surface area contributed by atoms with Crippen molar-refractivity contribution in [2.24, 2.45) is 0 Å². The second kappa shape index (κ2) is 5.19. The number of ether oxygens (including phenoxy) is 1. The van der Waals surface area contributed by atoms with Crippen molar-refractivity contribution in [1.82, 2.24) is 0 Å². The van der Waals surface area contributed by atoms with Crippen molar-refractivity contribution in [3.63, 3.8) is 0 Å². The van der Waals surface area contributed by atoms with Crippen LogP contribution in [0.4, 0.5) is 10.1 Å². The molecule has 2 aromatic rings. The van der Waals surface area contributed by atoms with E-state index in [2.05, 4.69) is 5.32 Å². The van der Waals surface area contributed by atoms with E-state index >= 15 is 0 Å². The number of carboxylic acid groups (broad SMARTS) is 1. The topological polar surface area (TPSA) is 75.6 Å². The van der Waals surface area contributed by atoms with Crippen LogP contribution in [-0.4, -0.2) is 17.0 Å². The van der Waals surface area contributed by atoms with Crippen LogP contribution in [0.3, 0.4) is 0 Å². The number of carboxylic acids is 1. The molecule has 120 valence electrons. The Kier molecular flexibility index (Phi) is 3.13. The molecule has 2 aliphatic rings. The van der Waals surface area contributed by atoms with Gasteiger partial charge in [0.05, 0.1) is 17.7 Å². The number of rotatable bonds is 2. The van der Waals surface area contributed by atoms with Gasteiger partial charge < -0.3 is 15.2 Å². The van der Waals surface area contributed by atoms with Gasteiger partial charge in [-0.15, -0.1) is 0 Å². The van der Waals surface area contributed by atoms with Crippen molar-refractivity contribution in [2.75, 3.05) is 5.32 Å². The van der Waals surface area contributed by atoms with Crippen LogP contribution in [0.2, 0.25) is 0 Å². The van der Waals surface area contributed by atoms with Crippen LogP contribution < -0.4 is 5.32 Å². The molecular weight excluding hydrogens is 313 g/mol. The van der Waals surface area contributed by atoms with Crippen molar-refractivity contribution < 1.29 is 23.8 Å². The summed E-state index contributed by atoms with van der Waals surface area (Å²) < 4.78 is 19.2. The molecule has 0 aromatic heterocycles. The Morgan fingerprint density at radius 3 is 2.79 bits per heavy atom. The lowest BCUT2D eigenvalue weighted by Crippen LogP contribution is -2.07. The number of hydrogen-bond acceptors (Lipinski definition) is 3. The first kappa shape index (κ1) is 14.4. The summed E-state index contributed by atoms with van der Waals surface area (Å²) in [4.78, 5) is 23.5. The fourth-order valence-corrected chi connectivity index (χ4v) is 3.13. The lowest BCUT2D eigenvalue weighted by molar-refractivity contribution is -0.139. The molecule has 0 fully saturated rings. The molecule has 4 rings (SSSR count). The van der Waals surface area contributed by atoms with E-state index in [1.54, 1.807) is 24.3 Å². The summed E-state index contributed by atoms with van der Waals surface area (Å²) in [5.41, 5.74) is 2.63. The highest BCUT2D eigenvalue weighted by Gasteiger charge is 2.36. The minimum atomic E-state index is -0.987. The van der Waals surface area contributed by atoms with E-state index in [1.807, 2.05) is 0 Å². The predicted octanol–water partition coefficient (Wildman–Crippen LogP) is 3.19. The molecule has 6 heteroatoms. The normalized spacial score (nSPS) is 21.0. The second-order valence-electron chi connectivity index (χ2n) is 5.64. The van der Waals surface area contributed by atoms with E-state index in [0.29, 0.717) is 28.1 Å². The smallest absolute Gasteiger partial charge is 0.307 e. The number of carbonyl (C=O) groups excluding carboxylic acids is 1. The van der Waals surface area contributed by atoms with Gasteiger partial charge in [-0.1, -0.05) is 24.3 Å². The van der Waals surface area contributed by atoms with Gasteiger partial charge in [0, 0.05) is 16.7 Å². The Morgan fingerprint density at radius 1 is 1.21 bits per heavy atom. The molecule has 0 saturated heterocycles. The molecule has 0 bridgehead atoms. The van der Waals surface area contributed by atoms with Crippen LogP contribution in [-0.2, 0) is 14.3 Å². The minimum Gasteiger partial charge on any atom is -0.484 e. The fraction of sp³-hybridized carbons (Fsp3) is 0.111. The second-order valence-corrected chi connectivity index (χ2v) is 5.64. The summed E-state index contributed by atoms with van der Waals surface area (Å²) in [6.07, 6.45) is -0.857. The molecule has 2 N–H and O–H groups in total. The molecule has 0 spiro atoms. The van der Waals surface area contributed by atoms with Crippen LogP contribution in [0.25, 0.3) is 11.3 Å². The van der Waals surface area contributed by atoms with Crippen LogP contribution in [0, 0.1) is 5.82 Å². The number of nitrogens with one attached hydrogen (secondary N) is 1. The number of hydrogen-bond donors (Lipinski definition) is 2. The van der Waals surface area contributed by atoms with Gasteiger partial charge in [0.25, 0.3) is 5.91 Å². The van der Waals surface area contributed by atoms with E-state index in [9.17, 15) is 14.0 Å². The molecule has 1 amide bonds. The molecular formula is C18H12FNO4.